The molecule has 176 valence electrons. The Morgan fingerprint density at radius 2 is 1.55 bits per heavy atom. The summed E-state index contributed by atoms with van der Waals surface area (Å²) < 4.78 is 0. The van der Waals surface area contributed by atoms with Crippen LogP contribution < -0.4 is 11.5 Å². The number of hydrogen-bond donors (Lipinski definition) is 4. The summed E-state index contributed by atoms with van der Waals surface area (Å²) in [4.78, 5) is 24.4. The monoisotopic (exact) mass is 488 g/mol. The third-order valence-corrected chi connectivity index (χ3v) is 8.10. The third-order valence-electron chi connectivity index (χ3n) is 5.93. The molecule has 0 aromatic carbocycles. The van der Waals surface area contributed by atoms with Gasteiger partial charge in [0.2, 0.25) is 0 Å². The molecule has 0 bridgehead atoms. The molecule has 0 fully saturated rings. The van der Waals surface area contributed by atoms with Crippen LogP contribution in [0.1, 0.15) is 84.4 Å². The molecule has 0 aliphatic heterocycles. The first-order valence-corrected chi connectivity index (χ1v) is 12.4. The van der Waals surface area contributed by atoms with Crippen LogP contribution in [0.25, 0.3) is 0 Å². The van der Waals surface area contributed by atoms with Gasteiger partial charge in [-0.15, -0.1) is 22.7 Å². The molecule has 33 heavy (non-hydrogen) atoms. The number of nitrogens with two attached hydrogens (primary N) is 2. The van der Waals surface area contributed by atoms with E-state index in [0.29, 0.717) is 45.1 Å². The fourth-order valence-electron chi connectivity index (χ4n) is 4.35. The van der Waals surface area contributed by atoms with Gasteiger partial charge in [0, 0.05) is 20.9 Å². The van der Waals surface area contributed by atoms with E-state index in [1.54, 1.807) is 6.92 Å². The average molecular weight is 489 g/mol. The van der Waals surface area contributed by atoms with Gasteiger partial charge in [0.15, 0.2) is 0 Å². The predicted octanol–water partition coefficient (Wildman–Crippen LogP) is 4.61. The number of aryl methyl sites for hydroxylation is 2. The molecule has 2 aromatic heterocycles. The largest absolute Gasteiger partial charge is 0.481 e. The fourth-order valence-corrected chi connectivity index (χ4v) is 6.66. The minimum absolute atomic E-state index is 0.365. The maximum atomic E-state index is 11.4. The summed E-state index contributed by atoms with van der Waals surface area (Å²) >= 11 is 2.71. The van der Waals surface area contributed by atoms with Crippen LogP contribution in [0.15, 0.2) is 0 Å². The molecule has 4 rings (SSSR count). The highest BCUT2D eigenvalue weighted by atomic mass is 32.1. The predicted molar refractivity (Wildman–Crippen MR) is 129 cm³/mol. The van der Waals surface area contributed by atoms with Crippen molar-refractivity contribution in [1.29, 1.82) is 10.5 Å². The lowest BCUT2D eigenvalue weighted by molar-refractivity contribution is -0.143. The highest BCUT2D eigenvalue weighted by Crippen LogP contribution is 2.45. The second-order valence-electron chi connectivity index (χ2n) is 7.82. The van der Waals surface area contributed by atoms with Crippen molar-refractivity contribution in [2.45, 2.75) is 70.6 Å². The van der Waals surface area contributed by atoms with Gasteiger partial charge in [-0.25, -0.2) is 0 Å². The van der Waals surface area contributed by atoms with Crippen molar-refractivity contribution >= 4 is 44.6 Å². The molecule has 0 saturated carbocycles. The van der Waals surface area contributed by atoms with E-state index in [-0.39, 0.29) is 0 Å². The molecule has 2 heterocycles. The first-order valence-electron chi connectivity index (χ1n) is 10.7. The van der Waals surface area contributed by atoms with Gasteiger partial charge in [0.05, 0.1) is 22.5 Å². The molecular formula is C23H28N4O4S2. The Balaban J connectivity index is 0.000000218. The molecule has 0 spiro atoms. The normalized spacial score (nSPS) is 20.3. The van der Waals surface area contributed by atoms with E-state index in [4.69, 9.17) is 27.1 Å². The molecule has 0 saturated heterocycles. The van der Waals surface area contributed by atoms with Gasteiger partial charge in [-0.3, -0.25) is 9.59 Å². The Morgan fingerprint density at radius 1 is 1.00 bits per heavy atom. The number of fused-ring (bicyclic) bond motifs is 2. The summed E-state index contributed by atoms with van der Waals surface area (Å²) in [6.45, 7) is 5.68. The van der Waals surface area contributed by atoms with Crippen LogP contribution in [0.5, 0.6) is 0 Å². The van der Waals surface area contributed by atoms with E-state index in [9.17, 15) is 14.7 Å². The van der Waals surface area contributed by atoms with Gasteiger partial charge in [-0.2, -0.15) is 10.5 Å². The maximum absolute atomic E-state index is 11.4. The number of nitrogens with zero attached hydrogens (tertiary/aromatic N) is 2. The zero-order valence-corrected chi connectivity index (χ0v) is 20.5. The Morgan fingerprint density at radius 3 is 2.09 bits per heavy atom. The fraction of sp³-hybridized carbons (Fsp3) is 0.478. The van der Waals surface area contributed by atoms with Gasteiger partial charge in [-0.05, 0) is 45.4 Å². The number of aliphatic carboxylic acids is 2. The lowest BCUT2D eigenvalue weighted by Gasteiger charge is -2.29. The van der Waals surface area contributed by atoms with Crippen LogP contribution in [-0.2, 0) is 27.8 Å². The van der Waals surface area contributed by atoms with Gasteiger partial charge < -0.3 is 21.7 Å². The number of carboxylic acid groups (broad SMARTS) is 2. The van der Waals surface area contributed by atoms with Crippen molar-refractivity contribution in [3.8, 4) is 12.1 Å². The molecule has 2 aromatic rings. The Bertz CT molecular complexity index is 1140. The molecule has 2 aliphatic carbocycles. The van der Waals surface area contributed by atoms with Gasteiger partial charge in [0.25, 0.3) is 0 Å². The Hall–Kier alpha value is -3.08. The lowest BCUT2D eigenvalue weighted by Crippen LogP contribution is -2.36. The molecule has 8 nitrogen and oxygen atoms in total. The van der Waals surface area contributed by atoms with Gasteiger partial charge in [-0.1, -0.05) is 13.8 Å². The van der Waals surface area contributed by atoms with E-state index in [2.05, 4.69) is 0 Å². The minimum atomic E-state index is -0.952. The second-order valence-corrected chi connectivity index (χ2v) is 10.1. The molecule has 0 radical (unpaired) electrons. The van der Waals surface area contributed by atoms with Crippen LogP contribution in [0.3, 0.4) is 0 Å². The summed E-state index contributed by atoms with van der Waals surface area (Å²) in [7, 11) is 0. The van der Waals surface area contributed by atoms with Crippen LogP contribution in [0.2, 0.25) is 0 Å². The van der Waals surface area contributed by atoms with Crippen LogP contribution >= 0.6 is 22.7 Å². The molecule has 10 heteroatoms. The third kappa shape index (κ3) is 4.82. The molecule has 2 aliphatic rings. The number of hydrogen-bond acceptors (Lipinski definition) is 8. The number of nitriles is 2. The van der Waals surface area contributed by atoms with Gasteiger partial charge in [0.1, 0.15) is 22.1 Å². The van der Waals surface area contributed by atoms with Crippen LogP contribution in [0, 0.1) is 22.7 Å². The van der Waals surface area contributed by atoms with Crippen LogP contribution in [-0.4, -0.2) is 22.2 Å². The summed E-state index contributed by atoms with van der Waals surface area (Å²) in [6, 6.07) is 4.05. The molecule has 6 N–H and O–H groups in total. The SMILES string of the molecule is CC.CC1(C(=O)O)CCCc2sc(N)c(C#N)c21.N#Cc1c(N)sc2c1C(C(=O)O)CCC2. The summed E-state index contributed by atoms with van der Waals surface area (Å²) in [5, 5.41) is 37.3. The second kappa shape index (κ2) is 10.7. The number of rotatable bonds is 2. The minimum Gasteiger partial charge on any atom is -0.481 e. The van der Waals surface area contributed by atoms with Crippen molar-refractivity contribution in [2.24, 2.45) is 0 Å². The Labute approximate surface area is 201 Å². The van der Waals surface area contributed by atoms with E-state index in [1.165, 1.54) is 22.7 Å². The van der Waals surface area contributed by atoms with Crippen molar-refractivity contribution in [1.82, 2.24) is 0 Å². The first-order chi connectivity index (χ1) is 15.7. The Kier molecular flexibility index (Phi) is 8.48. The molecular weight excluding hydrogens is 460 g/mol. The smallest absolute Gasteiger partial charge is 0.313 e. The number of thiophene rings is 2. The molecule has 0 amide bonds. The van der Waals surface area contributed by atoms with Crippen molar-refractivity contribution in [2.75, 3.05) is 11.5 Å². The average Bonchev–Trinajstić information content (AvgIpc) is 3.30. The van der Waals surface area contributed by atoms with E-state index in [1.807, 2.05) is 26.0 Å². The van der Waals surface area contributed by atoms with E-state index in [0.717, 1.165) is 35.4 Å². The number of carboxylic acids is 2. The van der Waals surface area contributed by atoms with E-state index >= 15 is 0 Å². The topological polar surface area (TPSA) is 174 Å². The zero-order valence-electron chi connectivity index (χ0n) is 18.9. The zero-order chi connectivity index (χ0) is 24.9. The molecule has 2 atom stereocenters. The van der Waals surface area contributed by atoms with Crippen LogP contribution in [0.4, 0.5) is 10.0 Å². The van der Waals surface area contributed by atoms with Crippen molar-refractivity contribution in [3.63, 3.8) is 0 Å². The van der Waals surface area contributed by atoms with Crippen molar-refractivity contribution < 1.29 is 19.8 Å². The number of nitrogen functional groups attached to an aromatic ring is 2. The first kappa shape index (κ1) is 26.2. The summed E-state index contributed by atoms with van der Waals surface area (Å²) in [5.74, 6) is -2.27. The standard InChI is InChI=1S/C11H12N2O2S.C10H10N2O2S.C2H6/c1-11(10(14)15)4-2-3-7-8(11)6(5-12)9(13)16-7;11-4-6-8-5(10(13)14)2-1-3-7(8)15-9(6)12;1-2/h2-4,13H2,1H3,(H,14,15);5H,1-3,12H2,(H,13,14);1-2H3. The quantitative estimate of drug-likeness (QED) is 0.474. The maximum Gasteiger partial charge on any atom is 0.313 e. The highest BCUT2D eigenvalue weighted by Gasteiger charge is 2.43. The van der Waals surface area contributed by atoms with Gasteiger partial charge >= 0.3 is 11.9 Å². The summed E-state index contributed by atoms with van der Waals surface area (Å²) in [6.07, 6.45) is 4.53. The molecule has 2 unspecified atom stereocenters. The summed E-state index contributed by atoms with van der Waals surface area (Å²) in [5.41, 5.74) is 12.6. The van der Waals surface area contributed by atoms with E-state index < -0.39 is 23.3 Å². The number of anilines is 2. The number of carbonyl (C=O) groups is 2. The highest BCUT2D eigenvalue weighted by molar-refractivity contribution is 7.16. The lowest BCUT2D eigenvalue weighted by atomic mass is 9.72. The van der Waals surface area contributed by atoms with Crippen molar-refractivity contribution in [3.05, 3.63) is 32.0 Å².